The van der Waals surface area contributed by atoms with E-state index in [1.54, 1.807) is 17.8 Å². The smallest absolute Gasteiger partial charge is 0.161 e. The van der Waals surface area contributed by atoms with Crippen LogP contribution in [0.1, 0.15) is 13.8 Å². The van der Waals surface area contributed by atoms with E-state index >= 15 is 0 Å². The lowest BCUT2D eigenvalue weighted by Crippen LogP contribution is -2.26. The van der Waals surface area contributed by atoms with Crippen LogP contribution in [-0.2, 0) is 0 Å². The Balaban J connectivity index is 2.12. The Morgan fingerprint density at radius 1 is 0.923 bits per heavy atom. The normalized spacial score (nSPS) is 11.6. The number of aromatic nitrogens is 2. The van der Waals surface area contributed by atoms with E-state index in [0.717, 1.165) is 21.8 Å². The first-order valence-electron chi connectivity index (χ1n) is 8.17. The van der Waals surface area contributed by atoms with Crippen LogP contribution in [0.4, 0.5) is 0 Å². The molecule has 0 saturated heterocycles. The second-order valence-corrected chi connectivity index (χ2v) is 9.02. The molecule has 6 heteroatoms. The van der Waals surface area contributed by atoms with Gasteiger partial charge in [-0.3, -0.25) is 0 Å². The third-order valence-electron chi connectivity index (χ3n) is 3.82. The van der Waals surface area contributed by atoms with Gasteiger partial charge in [0.2, 0.25) is 0 Å². The highest BCUT2D eigenvalue weighted by Crippen LogP contribution is 2.35. The highest BCUT2D eigenvalue weighted by atomic mass is 35.5. The van der Waals surface area contributed by atoms with Gasteiger partial charge in [-0.15, -0.1) is 0 Å². The Labute approximate surface area is 168 Å². The average Bonchev–Trinajstić information content (AvgIpc) is 2.64. The molecule has 2 aromatic carbocycles. The largest absolute Gasteiger partial charge is 0.329 e. The molecule has 0 unspecified atom stereocenters. The summed E-state index contributed by atoms with van der Waals surface area (Å²) in [6.07, 6.45) is 0. The molecule has 0 bridgehead atoms. The molecule has 0 radical (unpaired) electrons. The van der Waals surface area contributed by atoms with Gasteiger partial charge in [-0.05, 0) is 32.0 Å². The van der Waals surface area contributed by atoms with Gasteiger partial charge in [0.25, 0.3) is 0 Å². The standard InChI is InChI=1S/C20H19Cl2N3S/c1-20(2,12-23)26-18-11-17(14-8-9-15(21)16(22)10-14)24-19(25-18)13-6-4-3-5-7-13/h3-11H,12,23H2,1-2H3. The van der Waals surface area contributed by atoms with Gasteiger partial charge in [0, 0.05) is 22.4 Å². The molecule has 0 atom stereocenters. The van der Waals surface area contributed by atoms with E-state index in [2.05, 4.69) is 13.8 Å². The number of thioether (sulfide) groups is 1. The lowest BCUT2D eigenvalue weighted by atomic mass is 10.1. The van der Waals surface area contributed by atoms with Gasteiger partial charge in [-0.1, -0.05) is 71.4 Å². The highest BCUT2D eigenvalue weighted by Gasteiger charge is 2.20. The third-order valence-corrected chi connectivity index (χ3v) is 5.70. The molecule has 1 aromatic heterocycles. The predicted molar refractivity (Wildman–Crippen MR) is 112 cm³/mol. The number of hydrogen-bond donors (Lipinski definition) is 1. The maximum Gasteiger partial charge on any atom is 0.161 e. The van der Waals surface area contributed by atoms with Crippen molar-refractivity contribution >= 4 is 35.0 Å². The van der Waals surface area contributed by atoms with E-state index in [1.165, 1.54) is 0 Å². The second kappa shape index (κ2) is 7.97. The van der Waals surface area contributed by atoms with Gasteiger partial charge in [0.15, 0.2) is 5.82 Å². The molecule has 0 fully saturated rings. The Kier molecular flexibility index (Phi) is 5.88. The van der Waals surface area contributed by atoms with Gasteiger partial charge in [0.1, 0.15) is 5.03 Å². The van der Waals surface area contributed by atoms with Crippen LogP contribution >= 0.6 is 35.0 Å². The minimum absolute atomic E-state index is 0.128. The summed E-state index contributed by atoms with van der Waals surface area (Å²) in [5.41, 5.74) is 8.55. The Morgan fingerprint density at radius 2 is 1.65 bits per heavy atom. The van der Waals surface area contributed by atoms with Crippen molar-refractivity contribution in [1.82, 2.24) is 9.97 Å². The van der Waals surface area contributed by atoms with Gasteiger partial charge < -0.3 is 5.73 Å². The molecular weight excluding hydrogens is 385 g/mol. The van der Waals surface area contributed by atoms with E-state index in [4.69, 9.17) is 38.9 Å². The number of nitrogens with zero attached hydrogens (tertiary/aromatic N) is 2. The lowest BCUT2D eigenvalue weighted by molar-refractivity contribution is 0.721. The van der Waals surface area contributed by atoms with E-state index in [9.17, 15) is 0 Å². The minimum Gasteiger partial charge on any atom is -0.329 e. The predicted octanol–water partition coefficient (Wildman–Crippen LogP) is 5.95. The van der Waals surface area contributed by atoms with Crippen LogP contribution in [0.3, 0.4) is 0 Å². The number of rotatable bonds is 5. The molecular formula is C20H19Cl2N3S. The SMILES string of the molecule is CC(C)(CN)Sc1cc(-c2ccc(Cl)c(Cl)c2)nc(-c2ccccc2)n1. The average molecular weight is 404 g/mol. The van der Waals surface area contributed by atoms with Gasteiger partial charge in [-0.2, -0.15) is 0 Å². The summed E-state index contributed by atoms with van der Waals surface area (Å²) >= 11 is 13.9. The van der Waals surface area contributed by atoms with Crippen molar-refractivity contribution in [2.24, 2.45) is 5.73 Å². The van der Waals surface area contributed by atoms with E-state index in [-0.39, 0.29) is 4.75 Å². The van der Waals surface area contributed by atoms with Gasteiger partial charge >= 0.3 is 0 Å². The lowest BCUT2D eigenvalue weighted by Gasteiger charge is -2.21. The highest BCUT2D eigenvalue weighted by molar-refractivity contribution is 8.00. The zero-order valence-corrected chi connectivity index (χ0v) is 16.9. The molecule has 2 N–H and O–H groups in total. The van der Waals surface area contributed by atoms with E-state index in [0.29, 0.717) is 22.4 Å². The molecule has 134 valence electrons. The molecule has 0 aliphatic heterocycles. The zero-order chi connectivity index (χ0) is 18.7. The number of hydrogen-bond acceptors (Lipinski definition) is 4. The summed E-state index contributed by atoms with van der Waals surface area (Å²) in [6, 6.07) is 17.4. The molecule has 0 aliphatic rings. The van der Waals surface area contributed by atoms with Crippen LogP contribution in [0.25, 0.3) is 22.6 Å². The first-order valence-corrected chi connectivity index (χ1v) is 9.74. The van der Waals surface area contributed by atoms with Crippen LogP contribution in [0.15, 0.2) is 59.6 Å². The van der Waals surface area contributed by atoms with Crippen LogP contribution in [0, 0.1) is 0 Å². The van der Waals surface area contributed by atoms with Crippen molar-refractivity contribution in [3.05, 3.63) is 64.6 Å². The van der Waals surface area contributed by atoms with E-state index in [1.807, 2.05) is 48.5 Å². The zero-order valence-electron chi connectivity index (χ0n) is 14.5. The molecule has 0 aliphatic carbocycles. The fraction of sp³-hybridized carbons (Fsp3) is 0.200. The van der Waals surface area contributed by atoms with Gasteiger partial charge in [-0.25, -0.2) is 9.97 Å². The maximum absolute atomic E-state index is 6.19. The van der Waals surface area contributed by atoms with E-state index < -0.39 is 0 Å². The van der Waals surface area contributed by atoms with Crippen LogP contribution < -0.4 is 5.73 Å². The monoisotopic (exact) mass is 403 g/mol. The second-order valence-electron chi connectivity index (χ2n) is 6.48. The van der Waals surface area contributed by atoms with Gasteiger partial charge in [0.05, 0.1) is 15.7 Å². The summed E-state index contributed by atoms with van der Waals surface area (Å²) in [5.74, 6) is 0.671. The molecule has 3 rings (SSSR count). The van der Waals surface area contributed by atoms with Crippen molar-refractivity contribution < 1.29 is 0 Å². The Hall–Kier alpha value is -1.59. The third kappa shape index (κ3) is 4.57. The summed E-state index contributed by atoms with van der Waals surface area (Å²) in [4.78, 5) is 9.48. The maximum atomic E-state index is 6.19. The minimum atomic E-state index is -0.128. The van der Waals surface area contributed by atoms with Crippen molar-refractivity contribution in [3.8, 4) is 22.6 Å². The summed E-state index contributed by atoms with van der Waals surface area (Å²) in [5, 5.41) is 1.89. The molecule has 0 saturated carbocycles. The van der Waals surface area contributed by atoms with Crippen molar-refractivity contribution in [3.63, 3.8) is 0 Å². The number of halogens is 2. The molecule has 3 aromatic rings. The topological polar surface area (TPSA) is 51.8 Å². The molecule has 1 heterocycles. The molecule has 26 heavy (non-hydrogen) atoms. The molecule has 3 nitrogen and oxygen atoms in total. The summed E-state index contributed by atoms with van der Waals surface area (Å²) in [7, 11) is 0. The fourth-order valence-corrected chi connectivity index (χ4v) is 3.57. The Bertz CT molecular complexity index is 914. The fourth-order valence-electron chi connectivity index (χ4n) is 2.32. The summed E-state index contributed by atoms with van der Waals surface area (Å²) < 4.78 is -0.128. The van der Waals surface area contributed by atoms with Crippen molar-refractivity contribution in [2.45, 2.75) is 23.6 Å². The Morgan fingerprint density at radius 3 is 2.31 bits per heavy atom. The van der Waals surface area contributed by atoms with Crippen molar-refractivity contribution in [1.29, 1.82) is 0 Å². The van der Waals surface area contributed by atoms with Crippen LogP contribution in [-0.4, -0.2) is 21.3 Å². The first kappa shape index (κ1) is 19.2. The number of nitrogens with two attached hydrogens (primary N) is 1. The van der Waals surface area contributed by atoms with Crippen molar-refractivity contribution in [2.75, 3.05) is 6.54 Å². The molecule has 0 amide bonds. The van der Waals surface area contributed by atoms with Crippen LogP contribution in [0.2, 0.25) is 10.0 Å². The number of benzene rings is 2. The van der Waals surface area contributed by atoms with Crippen LogP contribution in [0.5, 0.6) is 0 Å². The summed E-state index contributed by atoms with van der Waals surface area (Å²) in [6.45, 7) is 4.74. The quantitative estimate of drug-likeness (QED) is 0.422. The first-order chi connectivity index (χ1) is 12.4. The molecule has 0 spiro atoms.